The fraction of sp³-hybridized carbons (Fsp3) is 0.826. The second-order valence-electron chi connectivity index (χ2n) is 10.4. The standard InChI is InChI=1S/2C11H19NO2.CH4/c2*1-8-5-10(9(2)12(13)14)7-11(3,4)6-8;/h7-9H,5-6H2,1-4H3;5,8-9H,6-7H2,1-4H3;1H4. The molecule has 6 nitrogen and oxygen atoms in total. The Kier molecular flexibility index (Phi) is 9.74. The molecule has 0 saturated carbocycles. The van der Waals surface area contributed by atoms with Gasteiger partial charge in [0.25, 0.3) is 0 Å². The van der Waals surface area contributed by atoms with Crippen molar-refractivity contribution in [2.75, 3.05) is 0 Å². The number of rotatable bonds is 4. The number of hydrogen-bond donors (Lipinski definition) is 0. The third-order valence-electron chi connectivity index (χ3n) is 5.80. The monoisotopic (exact) mass is 410 g/mol. The van der Waals surface area contributed by atoms with Crippen molar-refractivity contribution in [1.82, 2.24) is 0 Å². The molecule has 4 unspecified atom stereocenters. The highest BCUT2D eigenvalue weighted by Gasteiger charge is 2.32. The zero-order valence-corrected chi connectivity index (χ0v) is 18.8. The Morgan fingerprint density at radius 1 is 0.966 bits per heavy atom. The summed E-state index contributed by atoms with van der Waals surface area (Å²) in [5.41, 5.74) is 2.34. The van der Waals surface area contributed by atoms with Crippen molar-refractivity contribution in [3.05, 3.63) is 43.5 Å². The molecule has 168 valence electrons. The van der Waals surface area contributed by atoms with Crippen molar-refractivity contribution in [3.8, 4) is 0 Å². The summed E-state index contributed by atoms with van der Waals surface area (Å²) in [6, 6.07) is -1.03. The van der Waals surface area contributed by atoms with Crippen molar-refractivity contribution in [1.29, 1.82) is 0 Å². The first-order valence-electron chi connectivity index (χ1n) is 10.3. The summed E-state index contributed by atoms with van der Waals surface area (Å²) in [6.07, 6.45) is 8.17. The van der Waals surface area contributed by atoms with E-state index in [1.165, 1.54) is 0 Å². The normalized spacial score (nSPS) is 27.0. The molecule has 0 heterocycles. The Morgan fingerprint density at radius 3 is 1.86 bits per heavy atom. The molecule has 0 radical (unpaired) electrons. The second-order valence-corrected chi connectivity index (χ2v) is 10.4. The smallest absolute Gasteiger partial charge is 0.231 e. The predicted octanol–water partition coefficient (Wildman–Crippen LogP) is 6.70. The first-order chi connectivity index (χ1) is 12.6. The molecule has 29 heavy (non-hydrogen) atoms. The van der Waals surface area contributed by atoms with Crippen LogP contribution >= 0.6 is 0 Å². The van der Waals surface area contributed by atoms with Crippen LogP contribution in [0.5, 0.6) is 0 Å². The van der Waals surface area contributed by atoms with Gasteiger partial charge >= 0.3 is 0 Å². The first kappa shape index (κ1) is 27.3. The van der Waals surface area contributed by atoms with Gasteiger partial charge in [-0.1, -0.05) is 61.1 Å². The lowest BCUT2D eigenvalue weighted by Crippen LogP contribution is -2.28. The number of hydrogen-bond acceptors (Lipinski definition) is 4. The number of nitro groups is 2. The predicted molar refractivity (Wildman–Crippen MR) is 120 cm³/mol. The lowest BCUT2D eigenvalue weighted by Gasteiger charge is -2.33. The molecule has 2 aliphatic carbocycles. The van der Waals surface area contributed by atoms with Gasteiger partial charge < -0.3 is 0 Å². The Bertz CT molecular complexity index is 649. The molecule has 2 rings (SSSR count). The lowest BCUT2D eigenvalue weighted by atomic mass is 9.72. The molecule has 4 atom stereocenters. The van der Waals surface area contributed by atoms with Crippen molar-refractivity contribution in [2.45, 2.75) is 101 Å². The van der Waals surface area contributed by atoms with E-state index in [0.717, 1.165) is 36.8 Å². The fourth-order valence-corrected chi connectivity index (χ4v) is 4.82. The van der Waals surface area contributed by atoms with Crippen LogP contribution in [0.4, 0.5) is 0 Å². The van der Waals surface area contributed by atoms with Gasteiger partial charge in [-0.25, -0.2) is 0 Å². The number of nitrogens with zero attached hydrogens (tertiary/aromatic N) is 2. The SMILES string of the molecule is C.CC1C=C(C(C)[N+](=O)[O-])CC(C)(C)C1.CC1CC(C(C)[N+](=O)[O-])=CC(C)(C)C1. The summed E-state index contributed by atoms with van der Waals surface area (Å²) >= 11 is 0. The van der Waals surface area contributed by atoms with Crippen LogP contribution in [-0.2, 0) is 0 Å². The molecular weight excluding hydrogens is 368 g/mol. The quantitative estimate of drug-likeness (QED) is 0.293. The average Bonchev–Trinajstić information content (AvgIpc) is 2.49. The average molecular weight is 411 g/mol. The second kappa shape index (κ2) is 10.4. The van der Waals surface area contributed by atoms with Crippen LogP contribution in [0, 0.1) is 42.9 Å². The fourth-order valence-electron chi connectivity index (χ4n) is 4.82. The molecule has 0 spiro atoms. The summed E-state index contributed by atoms with van der Waals surface area (Å²) in [4.78, 5) is 21.0. The van der Waals surface area contributed by atoms with Gasteiger partial charge in [-0.05, 0) is 59.5 Å². The van der Waals surface area contributed by atoms with Gasteiger partial charge in [-0.15, -0.1) is 0 Å². The molecule has 0 bridgehead atoms. The van der Waals surface area contributed by atoms with Crippen molar-refractivity contribution >= 4 is 0 Å². The van der Waals surface area contributed by atoms with Gasteiger partial charge in [0.2, 0.25) is 12.1 Å². The van der Waals surface area contributed by atoms with E-state index in [9.17, 15) is 20.2 Å². The maximum Gasteiger partial charge on any atom is 0.231 e. The van der Waals surface area contributed by atoms with E-state index < -0.39 is 12.1 Å². The van der Waals surface area contributed by atoms with Gasteiger partial charge in [0, 0.05) is 23.7 Å². The van der Waals surface area contributed by atoms with Crippen LogP contribution in [0.25, 0.3) is 0 Å². The van der Waals surface area contributed by atoms with Crippen LogP contribution in [-0.4, -0.2) is 21.9 Å². The summed E-state index contributed by atoms with van der Waals surface area (Å²) in [6.45, 7) is 16.3. The highest BCUT2D eigenvalue weighted by Crippen LogP contribution is 2.39. The van der Waals surface area contributed by atoms with Crippen molar-refractivity contribution < 1.29 is 9.85 Å². The van der Waals surface area contributed by atoms with E-state index in [1.807, 2.05) is 0 Å². The van der Waals surface area contributed by atoms with Crippen molar-refractivity contribution in [3.63, 3.8) is 0 Å². The van der Waals surface area contributed by atoms with Gasteiger partial charge in [0.15, 0.2) is 0 Å². The molecule has 0 aromatic heterocycles. The summed E-state index contributed by atoms with van der Waals surface area (Å²) < 4.78 is 0. The molecule has 0 fully saturated rings. The third-order valence-corrected chi connectivity index (χ3v) is 5.80. The molecular formula is C23H42N2O4. The van der Waals surface area contributed by atoms with Crippen LogP contribution in [0.15, 0.2) is 23.3 Å². The number of allylic oxidation sites excluding steroid dienone is 2. The Balaban J connectivity index is 0.000000523. The molecule has 6 heteroatoms. The maximum atomic E-state index is 10.7. The van der Waals surface area contributed by atoms with E-state index >= 15 is 0 Å². The van der Waals surface area contributed by atoms with Crippen LogP contribution in [0.1, 0.15) is 88.5 Å². The van der Waals surface area contributed by atoms with Crippen LogP contribution in [0.2, 0.25) is 0 Å². The van der Waals surface area contributed by atoms with Gasteiger partial charge in [0.1, 0.15) is 0 Å². The maximum absolute atomic E-state index is 10.7. The minimum absolute atomic E-state index is 0. The zero-order valence-electron chi connectivity index (χ0n) is 18.8. The molecule has 0 aromatic carbocycles. The van der Waals surface area contributed by atoms with E-state index in [-0.39, 0.29) is 28.1 Å². The largest absolute Gasteiger partial charge is 0.264 e. The molecule has 0 saturated heterocycles. The van der Waals surface area contributed by atoms with Gasteiger partial charge in [0.05, 0.1) is 0 Å². The summed E-state index contributed by atoms with van der Waals surface area (Å²) in [7, 11) is 0. The highest BCUT2D eigenvalue weighted by atomic mass is 16.6. The van der Waals surface area contributed by atoms with Gasteiger partial charge in [-0.2, -0.15) is 0 Å². The third kappa shape index (κ3) is 8.67. The summed E-state index contributed by atoms with van der Waals surface area (Å²) in [5.74, 6) is 1.03. The summed E-state index contributed by atoms with van der Waals surface area (Å²) in [5, 5.41) is 21.4. The molecule has 0 aromatic rings. The highest BCUT2D eigenvalue weighted by molar-refractivity contribution is 5.16. The Hall–Kier alpha value is -1.72. The van der Waals surface area contributed by atoms with E-state index in [0.29, 0.717) is 11.8 Å². The topological polar surface area (TPSA) is 86.3 Å². The minimum Gasteiger partial charge on any atom is -0.264 e. The lowest BCUT2D eigenvalue weighted by molar-refractivity contribution is -0.508. The van der Waals surface area contributed by atoms with Crippen molar-refractivity contribution in [2.24, 2.45) is 22.7 Å². The van der Waals surface area contributed by atoms with E-state index in [4.69, 9.17) is 0 Å². The Morgan fingerprint density at radius 2 is 1.45 bits per heavy atom. The minimum atomic E-state index is -0.517. The van der Waals surface area contributed by atoms with E-state index in [1.54, 1.807) is 13.8 Å². The molecule has 0 amide bonds. The van der Waals surface area contributed by atoms with E-state index in [2.05, 4.69) is 53.7 Å². The Labute approximate surface area is 177 Å². The molecule has 0 aliphatic heterocycles. The first-order valence-corrected chi connectivity index (χ1v) is 10.3. The van der Waals surface area contributed by atoms with Crippen LogP contribution in [0.3, 0.4) is 0 Å². The van der Waals surface area contributed by atoms with Gasteiger partial charge in [-0.3, -0.25) is 20.2 Å². The zero-order chi connectivity index (χ0) is 21.9. The molecule has 0 N–H and O–H groups in total. The van der Waals surface area contributed by atoms with Crippen LogP contribution < -0.4 is 0 Å². The molecule has 2 aliphatic rings.